The van der Waals surface area contributed by atoms with Crippen LogP contribution < -0.4 is 10.1 Å². The largest absolute Gasteiger partial charge is 0.457 e. The molecule has 1 aliphatic heterocycles. The summed E-state index contributed by atoms with van der Waals surface area (Å²) in [6.45, 7) is 1.51. The maximum absolute atomic E-state index is 13.0. The van der Waals surface area contributed by atoms with E-state index in [1.165, 1.54) is 12.1 Å². The first-order valence-corrected chi connectivity index (χ1v) is 11.0. The highest BCUT2D eigenvalue weighted by Gasteiger charge is 2.33. The second-order valence-electron chi connectivity index (χ2n) is 7.81. The molecule has 0 spiro atoms. The van der Waals surface area contributed by atoms with Gasteiger partial charge in [0.05, 0.1) is 17.1 Å². The molecule has 0 unspecified atom stereocenters. The van der Waals surface area contributed by atoms with Crippen molar-refractivity contribution in [2.24, 2.45) is 4.99 Å². The average Bonchev–Trinajstić information content (AvgIpc) is 3.35. The van der Waals surface area contributed by atoms with Crippen molar-refractivity contribution < 1.29 is 22.7 Å². The van der Waals surface area contributed by atoms with Gasteiger partial charge < -0.3 is 10.1 Å². The fraction of sp³-hybridized carbons (Fsp3) is 0.240. The highest BCUT2D eigenvalue weighted by atomic mass is 35.5. The number of nitrogens with zero attached hydrogens (tertiary/aromatic N) is 2. The van der Waals surface area contributed by atoms with Crippen molar-refractivity contribution >= 4 is 23.2 Å². The number of amidine groups is 1. The number of carbonyl (C=O) groups excluding carboxylic acids is 1. The lowest BCUT2D eigenvalue weighted by Crippen LogP contribution is -2.20. The fourth-order valence-corrected chi connectivity index (χ4v) is 3.76. The molecule has 2 heterocycles. The van der Waals surface area contributed by atoms with Gasteiger partial charge in [-0.1, -0.05) is 29.8 Å². The van der Waals surface area contributed by atoms with E-state index < -0.39 is 11.7 Å². The van der Waals surface area contributed by atoms with Gasteiger partial charge in [0.1, 0.15) is 28.8 Å². The topological polar surface area (TPSA) is 63.6 Å². The number of aliphatic imine (C=N–C) groups is 1. The molecule has 1 N–H and O–H groups in total. The first-order chi connectivity index (χ1) is 16.3. The van der Waals surface area contributed by atoms with Crippen LogP contribution in [0, 0.1) is 0 Å². The standard InChI is InChI=1S/C25H21ClF3N3O2/c26-22-8-4-17(14-21(22)25(27,28)29)13-18(33)5-1-16-2-6-19(7-3-16)34-20-9-10-30-23(15-20)24-31-11-12-32-24/h2-4,6-10,14-15H,1,5,11-13H2,(H,31,32). The second kappa shape index (κ2) is 10.3. The van der Waals surface area contributed by atoms with Crippen LogP contribution in [0.25, 0.3) is 0 Å². The Morgan fingerprint density at radius 3 is 2.50 bits per heavy atom. The zero-order chi connectivity index (χ0) is 24.1. The molecule has 0 atom stereocenters. The molecule has 0 radical (unpaired) electrons. The van der Waals surface area contributed by atoms with Gasteiger partial charge in [-0.3, -0.25) is 14.8 Å². The molecule has 0 bridgehead atoms. The maximum Gasteiger partial charge on any atom is 0.417 e. The molecular formula is C25H21ClF3N3O2. The molecule has 0 saturated carbocycles. The number of hydrogen-bond donors (Lipinski definition) is 1. The Hall–Kier alpha value is -3.39. The maximum atomic E-state index is 13.0. The summed E-state index contributed by atoms with van der Waals surface area (Å²) in [5, 5.41) is 2.79. The molecule has 0 saturated heterocycles. The van der Waals surface area contributed by atoms with E-state index in [1.54, 1.807) is 24.4 Å². The van der Waals surface area contributed by atoms with E-state index in [0.717, 1.165) is 30.6 Å². The van der Waals surface area contributed by atoms with Crippen LogP contribution in [0.1, 0.15) is 28.8 Å². The SMILES string of the molecule is O=C(CCc1ccc(Oc2ccnc(C3=NCCN3)c2)cc1)Cc1ccc(Cl)c(C(F)(F)F)c1. The molecule has 34 heavy (non-hydrogen) atoms. The summed E-state index contributed by atoms with van der Waals surface area (Å²) >= 11 is 5.63. The summed E-state index contributed by atoms with van der Waals surface area (Å²) in [4.78, 5) is 21.0. The molecule has 3 aromatic rings. The van der Waals surface area contributed by atoms with E-state index in [-0.39, 0.29) is 23.6 Å². The van der Waals surface area contributed by atoms with Gasteiger partial charge in [-0.15, -0.1) is 0 Å². The van der Waals surface area contributed by atoms with E-state index in [1.807, 2.05) is 18.2 Å². The molecule has 1 aliphatic rings. The third-order valence-electron chi connectivity index (χ3n) is 5.24. The van der Waals surface area contributed by atoms with Crippen LogP contribution in [0.15, 0.2) is 65.8 Å². The van der Waals surface area contributed by atoms with Crippen LogP contribution in [0.5, 0.6) is 11.5 Å². The van der Waals surface area contributed by atoms with Crippen LogP contribution in [-0.2, 0) is 23.8 Å². The summed E-state index contributed by atoms with van der Waals surface area (Å²) in [6, 6.07) is 14.5. The first-order valence-electron chi connectivity index (χ1n) is 10.7. The fourth-order valence-electron chi connectivity index (χ4n) is 3.53. The number of aryl methyl sites for hydroxylation is 1. The molecule has 176 valence electrons. The van der Waals surface area contributed by atoms with Crippen LogP contribution in [0.3, 0.4) is 0 Å². The minimum atomic E-state index is -4.56. The molecule has 9 heteroatoms. The van der Waals surface area contributed by atoms with E-state index in [9.17, 15) is 18.0 Å². The quantitative estimate of drug-likeness (QED) is 0.446. The van der Waals surface area contributed by atoms with Crippen molar-refractivity contribution in [2.75, 3.05) is 13.1 Å². The lowest BCUT2D eigenvalue weighted by molar-refractivity contribution is -0.137. The molecule has 5 nitrogen and oxygen atoms in total. The minimum Gasteiger partial charge on any atom is -0.457 e. The zero-order valence-corrected chi connectivity index (χ0v) is 18.8. The molecule has 0 fully saturated rings. The molecule has 0 aliphatic carbocycles. The molecule has 2 aromatic carbocycles. The molecule has 1 aromatic heterocycles. The number of halogens is 4. The lowest BCUT2D eigenvalue weighted by atomic mass is 10.0. The minimum absolute atomic E-state index is 0.0774. The van der Waals surface area contributed by atoms with Crippen molar-refractivity contribution in [1.82, 2.24) is 10.3 Å². The number of nitrogens with one attached hydrogen (secondary N) is 1. The number of alkyl halides is 3. The van der Waals surface area contributed by atoms with Crippen molar-refractivity contribution in [3.63, 3.8) is 0 Å². The number of rotatable bonds is 8. The number of pyridine rings is 1. The summed E-state index contributed by atoms with van der Waals surface area (Å²) in [5.41, 5.74) is 1.01. The molecule has 4 rings (SSSR count). The number of Topliss-reactive ketones (excluding diaryl/α,β-unsaturated/α-hetero) is 1. The number of ether oxygens (including phenoxy) is 1. The number of ketones is 1. The van der Waals surface area contributed by atoms with Gasteiger partial charge >= 0.3 is 6.18 Å². The average molecular weight is 488 g/mol. The number of aromatic nitrogens is 1. The normalized spacial score (nSPS) is 13.4. The Bertz CT molecular complexity index is 1210. The lowest BCUT2D eigenvalue weighted by Gasteiger charge is -2.11. The van der Waals surface area contributed by atoms with Crippen molar-refractivity contribution in [1.29, 1.82) is 0 Å². The number of hydrogen-bond acceptors (Lipinski definition) is 5. The Morgan fingerprint density at radius 2 is 1.79 bits per heavy atom. The summed E-state index contributed by atoms with van der Waals surface area (Å²) in [6.07, 6.45) is -2.28. The van der Waals surface area contributed by atoms with Crippen LogP contribution in [0.2, 0.25) is 5.02 Å². The van der Waals surface area contributed by atoms with Gasteiger partial charge in [-0.05, 0) is 47.9 Å². The smallest absolute Gasteiger partial charge is 0.417 e. The summed E-state index contributed by atoms with van der Waals surface area (Å²) in [5.74, 6) is 1.86. The first kappa shape index (κ1) is 23.8. The van der Waals surface area contributed by atoms with E-state index in [0.29, 0.717) is 29.2 Å². The third-order valence-corrected chi connectivity index (χ3v) is 5.57. The van der Waals surface area contributed by atoms with E-state index >= 15 is 0 Å². The molecule has 0 amide bonds. The highest BCUT2D eigenvalue weighted by molar-refractivity contribution is 6.31. The summed E-state index contributed by atoms with van der Waals surface area (Å²) < 4.78 is 44.9. The monoisotopic (exact) mass is 487 g/mol. The molecular weight excluding hydrogens is 467 g/mol. The van der Waals surface area contributed by atoms with Crippen molar-refractivity contribution in [2.45, 2.75) is 25.4 Å². The van der Waals surface area contributed by atoms with Crippen molar-refractivity contribution in [3.8, 4) is 11.5 Å². The van der Waals surface area contributed by atoms with Crippen molar-refractivity contribution in [3.05, 3.63) is 88.2 Å². The number of carbonyl (C=O) groups is 1. The Balaban J connectivity index is 1.31. The Kier molecular flexibility index (Phi) is 7.17. The zero-order valence-electron chi connectivity index (χ0n) is 18.0. The summed E-state index contributed by atoms with van der Waals surface area (Å²) in [7, 11) is 0. The third kappa shape index (κ3) is 6.14. The van der Waals surface area contributed by atoms with E-state index in [2.05, 4.69) is 15.3 Å². The van der Waals surface area contributed by atoms with Gasteiger partial charge in [-0.25, -0.2) is 0 Å². The predicted octanol–water partition coefficient (Wildman–Crippen LogP) is 5.64. The number of benzene rings is 2. The van der Waals surface area contributed by atoms with Gasteiger partial charge in [0.15, 0.2) is 0 Å². The Morgan fingerprint density at radius 1 is 1.03 bits per heavy atom. The van der Waals surface area contributed by atoms with E-state index in [4.69, 9.17) is 16.3 Å². The second-order valence-corrected chi connectivity index (χ2v) is 8.21. The van der Waals surface area contributed by atoms with Crippen LogP contribution >= 0.6 is 11.6 Å². The predicted molar refractivity (Wildman–Crippen MR) is 124 cm³/mol. The van der Waals surface area contributed by atoms with Gasteiger partial charge in [0.2, 0.25) is 0 Å². The Labute approximate surface area is 199 Å². The highest BCUT2D eigenvalue weighted by Crippen LogP contribution is 2.35. The van der Waals surface area contributed by atoms with Gasteiger partial charge in [0, 0.05) is 31.6 Å². The van der Waals surface area contributed by atoms with Crippen LogP contribution in [0.4, 0.5) is 13.2 Å². The van der Waals surface area contributed by atoms with Crippen LogP contribution in [-0.4, -0.2) is 29.7 Å². The van der Waals surface area contributed by atoms with Gasteiger partial charge in [-0.2, -0.15) is 13.2 Å². The van der Waals surface area contributed by atoms with Gasteiger partial charge in [0.25, 0.3) is 0 Å².